The van der Waals surface area contributed by atoms with Gasteiger partial charge in [0.25, 0.3) is 5.56 Å². The van der Waals surface area contributed by atoms with Crippen molar-refractivity contribution in [1.82, 2.24) is 19.9 Å². The van der Waals surface area contributed by atoms with Crippen LogP contribution >= 0.6 is 0 Å². The summed E-state index contributed by atoms with van der Waals surface area (Å²) in [6.45, 7) is 5.15. The quantitative estimate of drug-likeness (QED) is 0.458. The number of alkyl halides is 3. The molecule has 0 unspecified atom stereocenters. The summed E-state index contributed by atoms with van der Waals surface area (Å²) in [5.41, 5.74) is -0.686. The number of anilines is 2. The number of ether oxygens (including phenoxy) is 1. The summed E-state index contributed by atoms with van der Waals surface area (Å²) in [5, 5.41) is 6.74. The van der Waals surface area contributed by atoms with E-state index in [9.17, 15) is 18.0 Å². The fourth-order valence-electron chi connectivity index (χ4n) is 4.89. The van der Waals surface area contributed by atoms with E-state index in [0.29, 0.717) is 43.2 Å². The predicted octanol–water partition coefficient (Wildman–Crippen LogP) is 3.81. The maximum Gasteiger partial charge on any atom is 0.417 e. The fourth-order valence-corrected chi connectivity index (χ4v) is 4.89. The highest BCUT2D eigenvalue weighted by Gasteiger charge is 2.47. The van der Waals surface area contributed by atoms with Gasteiger partial charge in [-0.3, -0.25) is 14.3 Å². The van der Waals surface area contributed by atoms with Gasteiger partial charge in [-0.2, -0.15) is 13.2 Å². The van der Waals surface area contributed by atoms with Crippen LogP contribution in [-0.4, -0.2) is 54.4 Å². The normalized spacial score (nSPS) is 19.5. The van der Waals surface area contributed by atoms with E-state index in [2.05, 4.69) is 20.6 Å². The Morgan fingerprint density at radius 1 is 1.24 bits per heavy atom. The molecule has 4 rings (SSSR count). The van der Waals surface area contributed by atoms with Gasteiger partial charge in [0.2, 0.25) is 0 Å². The number of hydrogen-bond donors (Lipinski definition) is 2. The average molecular weight is 531 g/mol. The molecule has 0 amide bonds. The van der Waals surface area contributed by atoms with E-state index in [1.165, 1.54) is 17.7 Å². The second kappa shape index (κ2) is 10.7. The largest absolute Gasteiger partial charge is 0.417 e. The summed E-state index contributed by atoms with van der Waals surface area (Å²) in [5.74, 6) is -0.0483. The summed E-state index contributed by atoms with van der Waals surface area (Å²) in [6.07, 6.45) is -2.97. The van der Waals surface area contributed by atoms with Crippen molar-refractivity contribution in [1.29, 1.82) is 0 Å². The van der Waals surface area contributed by atoms with Crippen molar-refractivity contribution in [2.75, 3.05) is 44.0 Å². The lowest BCUT2D eigenvalue weighted by Crippen LogP contribution is -2.49. The first kappa shape index (κ1) is 27.6. The Kier molecular flexibility index (Phi) is 7.80. The number of aromatic nitrogens is 3. The first-order valence-corrected chi connectivity index (χ1v) is 12.5. The third-order valence-electron chi connectivity index (χ3n) is 6.89. The predicted molar refractivity (Wildman–Crippen MR) is 141 cm³/mol. The lowest BCUT2D eigenvalue weighted by Gasteiger charge is -2.36. The van der Waals surface area contributed by atoms with Gasteiger partial charge in [-0.25, -0.2) is 4.98 Å². The number of hydrogen-bond acceptors (Lipinski definition) is 7. The molecule has 1 saturated heterocycles. The molecule has 11 heteroatoms. The Morgan fingerprint density at radius 2 is 2.00 bits per heavy atom. The monoisotopic (exact) mass is 530 g/mol. The molecule has 1 aliphatic heterocycles. The van der Waals surface area contributed by atoms with Gasteiger partial charge in [-0.05, 0) is 43.7 Å². The van der Waals surface area contributed by atoms with Crippen LogP contribution < -0.4 is 21.1 Å². The molecule has 3 aromatic rings. The van der Waals surface area contributed by atoms with Crippen molar-refractivity contribution in [3.05, 3.63) is 69.9 Å². The highest BCUT2D eigenvalue weighted by atomic mass is 19.4. The molecule has 1 fully saturated rings. The van der Waals surface area contributed by atoms with E-state index in [0.717, 1.165) is 6.07 Å². The molecule has 204 valence electrons. The number of halogens is 3. The maximum atomic E-state index is 14.1. The minimum Gasteiger partial charge on any atom is -0.378 e. The molecule has 2 N–H and O–H groups in total. The van der Waals surface area contributed by atoms with Crippen LogP contribution in [0.4, 0.5) is 24.5 Å². The van der Waals surface area contributed by atoms with Crippen molar-refractivity contribution in [2.24, 2.45) is 7.05 Å². The van der Waals surface area contributed by atoms with Crippen molar-refractivity contribution < 1.29 is 17.9 Å². The van der Waals surface area contributed by atoms with Gasteiger partial charge in [0.15, 0.2) is 0 Å². The highest BCUT2D eigenvalue weighted by Crippen LogP contribution is 2.39. The minimum atomic E-state index is -4.63. The van der Waals surface area contributed by atoms with Gasteiger partial charge in [0.05, 0.1) is 23.1 Å². The van der Waals surface area contributed by atoms with Gasteiger partial charge in [-0.1, -0.05) is 13.0 Å². The molecule has 38 heavy (non-hydrogen) atoms. The second-order valence-corrected chi connectivity index (χ2v) is 9.48. The van der Waals surface area contributed by atoms with E-state index >= 15 is 0 Å². The summed E-state index contributed by atoms with van der Waals surface area (Å²) in [6, 6.07) is 9.57. The number of pyridine rings is 1. The van der Waals surface area contributed by atoms with Crippen molar-refractivity contribution in [3.63, 3.8) is 0 Å². The van der Waals surface area contributed by atoms with Crippen LogP contribution in [0, 0.1) is 0 Å². The Morgan fingerprint density at radius 3 is 2.61 bits per heavy atom. The van der Waals surface area contributed by atoms with Crippen LogP contribution in [-0.2, 0) is 29.9 Å². The van der Waals surface area contributed by atoms with Crippen LogP contribution in [0.3, 0.4) is 0 Å². The molecule has 0 bridgehead atoms. The van der Waals surface area contributed by atoms with E-state index < -0.39 is 22.8 Å². The van der Waals surface area contributed by atoms with Crippen molar-refractivity contribution in [3.8, 4) is 11.4 Å². The summed E-state index contributed by atoms with van der Waals surface area (Å²) < 4.78 is 49.6. The summed E-state index contributed by atoms with van der Waals surface area (Å²) in [4.78, 5) is 24.6. The molecule has 1 aliphatic rings. The van der Waals surface area contributed by atoms with E-state index in [-0.39, 0.29) is 23.2 Å². The molecule has 0 spiro atoms. The molecular formula is C27H33F3N6O2. The first-order chi connectivity index (χ1) is 18.0. The zero-order chi connectivity index (χ0) is 27.7. The number of nitrogens with one attached hydrogen (secondary N) is 2. The summed E-state index contributed by atoms with van der Waals surface area (Å²) >= 11 is 0. The van der Waals surface area contributed by atoms with E-state index in [1.54, 1.807) is 31.3 Å². The molecule has 1 aromatic carbocycles. The van der Waals surface area contributed by atoms with Gasteiger partial charge >= 0.3 is 6.18 Å². The molecule has 2 aromatic heterocycles. The molecule has 8 nitrogen and oxygen atoms in total. The SMILES string of the molecule is CCO[C@H]1CNC[C@@]1(Nc1c(CC)nc(-c2ccc(N(C)C)cc2C(F)(F)F)n(C)c1=O)c1ccccn1. The highest BCUT2D eigenvalue weighted by molar-refractivity contribution is 5.68. The van der Waals surface area contributed by atoms with Gasteiger partial charge in [0.1, 0.15) is 17.1 Å². The van der Waals surface area contributed by atoms with Crippen LogP contribution in [0.25, 0.3) is 11.4 Å². The third kappa shape index (κ3) is 5.00. The Labute approximate surface area is 219 Å². The molecule has 0 radical (unpaired) electrons. The molecule has 0 saturated carbocycles. The first-order valence-electron chi connectivity index (χ1n) is 12.5. The lowest BCUT2D eigenvalue weighted by molar-refractivity contribution is -0.137. The van der Waals surface area contributed by atoms with E-state index in [4.69, 9.17) is 4.74 Å². The van der Waals surface area contributed by atoms with Crippen molar-refractivity contribution in [2.45, 2.75) is 38.1 Å². The zero-order valence-corrected chi connectivity index (χ0v) is 22.2. The lowest BCUT2D eigenvalue weighted by atomic mass is 9.90. The molecule has 2 atom stereocenters. The van der Waals surface area contributed by atoms with Crippen molar-refractivity contribution >= 4 is 11.4 Å². The van der Waals surface area contributed by atoms with Crippen LogP contribution in [0.5, 0.6) is 0 Å². The average Bonchev–Trinajstić information content (AvgIpc) is 3.30. The molecule has 0 aliphatic carbocycles. The number of nitrogens with zero attached hydrogens (tertiary/aromatic N) is 4. The molecular weight excluding hydrogens is 497 g/mol. The molecule has 3 heterocycles. The Balaban J connectivity index is 1.89. The van der Waals surface area contributed by atoms with Gasteiger partial charge in [-0.15, -0.1) is 0 Å². The number of benzene rings is 1. The summed E-state index contributed by atoms with van der Waals surface area (Å²) in [7, 11) is 4.78. The van der Waals surface area contributed by atoms with Crippen LogP contribution in [0.15, 0.2) is 47.4 Å². The topological polar surface area (TPSA) is 84.3 Å². The Bertz CT molecular complexity index is 1340. The van der Waals surface area contributed by atoms with E-state index in [1.807, 2.05) is 32.0 Å². The van der Waals surface area contributed by atoms with Gasteiger partial charge < -0.3 is 20.3 Å². The fraction of sp³-hybridized carbons (Fsp3) is 0.444. The minimum absolute atomic E-state index is 0.0483. The Hall–Kier alpha value is -3.44. The van der Waals surface area contributed by atoms with Gasteiger partial charge in [0, 0.05) is 58.3 Å². The maximum absolute atomic E-state index is 14.1. The van der Waals surface area contributed by atoms with Crippen LogP contribution in [0.2, 0.25) is 0 Å². The standard InChI is InChI=1S/C27H33F3N6O2/c1-6-20-23(34-26(21-10-8-9-13-32-21)16-31-15-22(26)38-7-2)25(37)36(5)24(33-20)18-12-11-17(35(3)4)14-19(18)27(28,29)30/h8-14,22,31,34H,6-7,15-16H2,1-5H3/t22-,26+/m0/s1. The number of aryl methyl sites for hydroxylation is 1. The second-order valence-electron chi connectivity index (χ2n) is 9.48. The smallest absolute Gasteiger partial charge is 0.378 e. The zero-order valence-electron chi connectivity index (χ0n) is 22.2. The number of rotatable bonds is 8. The third-order valence-corrected chi connectivity index (χ3v) is 6.89. The van der Waals surface area contributed by atoms with Crippen LogP contribution in [0.1, 0.15) is 30.8 Å².